The topological polar surface area (TPSA) is 55.1 Å². The molecule has 1 fully saturated rings. The maximum Gasteiger partial charge on any atom is 0.289 e. The van der Waals surface area contributed by atoms with Gasteiger partial charge in [-0.15, -0.1) is 0 Å². The van der Waals surface area contributed by atoms with E-state index in [-0.39, 0.29) is 12.0 Å². The van der Waals surface area contributed by atoms with E-state index in [4.69, 9.17) is 13.9 Å². The molecule has 118 valence electrons. The Bertz CT molecular complexity index is 474. The molecular formula is C15H24N2O4. The number of amides is 1. The highest BCUT2D eigenvalue weighted by molar-refractivity contribution is 5.91. The van der Waals surface area contributed by atoms with Crippen molar-refractivity contribution in [2.75, 3.05) is 41.4 Å². The van der Waals surface area contributed by atoms with Gasteiger partial charge >= 0.3 is 0 Å². The van der Waals surface area contributed by atoms with E-state index in [1.807, 2.05) is 0 Å². The Labute approximate surface area is 125 Å². The fourth-order valence-electron chi connectivity index (χ4n) is 2.71. The maximum absolute atomic E-state index is 12.3. The van der Waals surface area contributed by atoms with Crippen LogP contribution in [-0.4, -0.2) is 69.3 Å². The molecule has 1 saturated heterocycles. The van der Waals surface area contributed by atoms with Crippen LogP contribution in [0.5, 0.6) is 0 Å². The summed E-state index contributed by atoms with van der Waals surface area (Å²) in [6.07, 6.45) is 1.19. The summed E-state index contributed by atoms with van der Waals surface area (Å²) in [6.45, 7) is 1.94. The van der Waals surface area contributed by atoms with Crippen LogP contribution >= 0.6 is 0 Å². The van der Waals surface area contributed by atoms with Crippen molar-refractivity contribution in [1.29, 1.82) is 0 Å². The van der Waals surface area contributed by atoms with Gasteiger partial charge in [0.05, 0.1) is 6.10 Å². The average molecular weight is 296 g/mol. The number of nitrogens with zero attached hydrogens (tertiary/aromatic N) is 2. The predicted octanol–water partition coefficient (Wildman–Crippen LogP) is 1.22. The summed E-state index contributed by atoms with van der Waals surface area (Å²) in [5.74, 6) is 0.909. The van der Waals surface area contributed by atoms with Gasteiger partial charge in [0.15, 0.2) is 5.76 Å². The van der Waals surface area contributed by atoms with Gasteiger partial charge < -0.3 is 18.8 Å². The summed E-state index contributed by atoms with van der Waals surface area (Å²) < 4.78 is 15.9. The van der Waals surface area contributed by atoms with E-state index in [9.17, 15) is 4.79 Å². The predicted molar refractivity (Wildman–Crippen MR) is 78.2 cm³/mol. The number of methoxy groups -OCH3 is 2. The molecule has 1 aliphatic rings. The first-order valence-corrected chi connectivity index (χ1v) is 7.11. The lowest BCUT2D eigenvalue weighted by Gasteiger charge is -2.24. The van der Waals surface area contributed by atoms with Gasteiger partial charge in [-0.3, -0.25) is 9.69 Å². The van der Waals surface area contributed by atoms with Gasteiger partial charge in [0, 0.05) is 40.4 Å². The van der Waals surface area contributed by atoms with Crippen LogP contribution in [0, 0.1) is 0 Å². The van der Waals surface area contributed by atoms with Crippen molar-refractivity contribution < 1.29 is 18.7 Å². The minimum atomic E-state index is -0.105. The molecule has 0 aromatic carbocycles. The molecule has 1 amide bonds. The molecule has 0 radical (unpaired) electrons. The van der Waals surface area contributed by atoms with Crippen molar-refractivity contribution in [2.45, 2.75) is 25.2 Å². The van der Waals surface area contributed by atoms with Crippen molar-refractivity contribution >= 4 is 5.91 Å². The van der Waals surface area contributed by atoms with Gasteiger partial charge in [-0.2, -0.15) is 0 Å². The molecule has 0 N–H and O–H groups in total. The first-order chi connectivity index (χ1) is 10.0. The monoisotopic (exact) mass is 296 g/mol. The second kappa shape index (κ2) is 7.06. The lowest BCUT2D eigenvalue weighted by Crippen LogP contribution is -2.39. The summed E-state index contributed by atoms with van der Waals surface area (Å²) in [6, 6.07) is 3.79. The highest BCUT2D eigenvalue weighted by Gasteiger charge is 2.31. The van der Waals surface area contributed by atoms with Crippen LogP contribution in [0.15, 0.2) is 16.5 Å². The van der Waals surface area contributed by atoms with Crippen LogP contribution in [0.2, 0.25) is 0 Å². The molecule has 21 heavy (non-hydrogen) atoms. The Balaban J connectivity index is 1.93. The Morgan fingerprint density at radius 1 is 1.48 bits per heavy atom. The smallest absolute Gasteiger partial charge is 0.289 e. The average Bonchev–Trinajstić information content (AvgIpc) is 3.06. The number of likely N-dealkylation sites (N-methyl/N-ethyl adjacent to an activating group) is 2. The van der Waals surface area contributed by atoms with Crippen LogP contribution in [0.25, 0.3) is 0 Å². The number of likely N-dealkylation sites (tertiary alicyclic amines) is 1. The summed E-state index contributed by atoms with van der Waals surface area (Å²) in [5.41, 5.74) is 0. The number of carbonyl (C=O) groups is 1. The zero-order chi connectivity index (χ0) is 15.4. The molecule has 1 aromatic heterocycles. The second-order valence-corrected chi connectivity index (χ2v) is 5.57. The molecule has 1 aliphatic heterocycles. The van der Waals surface area contributed by atoms with E-state index in [2.05, 4.69) is 11.9 Å². The minimum Gasteiger partial charge on any atom is -0.453 e. The van der Waals surface area contributed by atoms with E-state index < -0.39 is 0 Å². The normalized spacial score (nSPS) is 22.7. The summed E-state index contributed by atoms with van der Waals surface area (Å²) >= 11 is 0. The zero-order valence-corrected chi connectivity index (χ0v) is 13.2. The number of hydrogen-bond donors (Lipinski definition) is 0. The van der Waals surface area contributed by atoms with E-state index >= 15 is 0 Å². The Morgan fingerprint density at radius 2 is 2.24 bits per heavy atom. The third-order valence-electron chi connectivity index (χ3n) is 3.97. The molecule has 0 unspecified atom stereocenters. The zero-order valence-electron chi connectivity index (χ0n) is 13.2. The molecule has 0 saturated carbocycles. The van der Waals surface area contributed by atoms with Crippen molar-refractivity contribution in [3.63, 3.8) is 0 Å². The van der Waals surface area contributed by atoms with Crippen molar-refractivity contribution in [3.05, 3.63) is 23.7 Å². The number of furan rings is 1. The van der Waals surface area contributed by atoms with Crippen LogP contribution in [0.3, 0.4) is 0 Å². The first kappa shape index (κ1) is 16.0. The Morgan fingerprint density at radius 3 is 2.86 bits per heavy atom. The van der Waals surface area contributed by atoms with Gasteiger partial charge in [0.1, 0.15) is 12.4 Å². The molecule has 6 heteroatoms. The highest BCUT2D eigenvalue weighted by atomic mass is 16.5. The van der Waals surface area contributed by atoms with Gasteiger partial charge in [-0.25, -0.2) is 0 Å². The van der Waals surface area contributed by atoms with Crippen LogP contribution in [0.4, 0.5) is 0 Å². The van der Waals surface area contributed by atoms with Crippen molar-refractivity contribution in [1.82, 2.24) is 9.80 Å². The lowest BCUT2D eigenvalue weighted by atomic mass is 10.2. The summed E-state index contributed by atoms with van der Waals surface area (Å²) in [5, 5.41) is 0. The maximum atomic E-state index is 12.3. The molecule has 2 heterocycles. The van der Waals surface area contributed by atoms with Crippen LogP contribution in [0.1, 0.15) is 22.7 Å². The standard InChI is InChI=1S/C15H24N2O4/c1-16-9-13(20-4)7-11(16)8-17(2)15(18)14-6-5-12(21-14)10-19-3/h5-6,11,13H,7-10H2,1-4H3/t11-,13-/m0/s1. The van der Waals surface area contributed by atoms with Gasteiger partial charge in [-0.1, -0.05) is 0 Å². The Kier molecular flexibility index (Phi) is 5.39. The van der Waals surface area contributed by atoms with E-state index in [1.54, 1.807) is 38.3 Å². The van der Waals surface area contributed by atoms with E-state index in [0.29, 0.717) is 30.7 Å². The molecule has 2 atom stereocenters. The molecule has 6 nitrogen and oxygen atoms in total. The number of rotatable bonds is 6. The van der Waals surface area contributed by atoms with Crippen molar-refractivity contribution in [2.24, 2.45) is 0 Å². The number of carbonyl (C=O) groups excluding carboxylic acids is 1. The van der Waals surface area contributed by atoms with Crippen molar-refractivity contribution in [3.8, 4) is 0 Å². The number of ether oxygens (including phenoxy) is 2. The fourth-order valence-corrected chi connectivity index (χ4v) is 2.71. The first-order valence-electron chi connectivity index (χ1n) is 7.11. The van der Waals surface area contributed by atoms with Gasteiger partial charge in [0.2, 0.25) is 0 Å². The largest absolute Gasteiger partial charge is 0.453 e. The minimum absolute atomic E-state index is 0.105. The molecule has 0 spiro atoms. The SMILES string of the molecule is COCc1ccc(C(=O)N(C)C[C@@H]2C[C@H](OC)CN2C)o1. The summed E-state index contributed by atoms with van der Waals surface area (Å²) in [7, 11) is 7.19. The molecule has 2 rings (SSSR count). The lowest BCUT2D eigenvalue weighted by molar-refractivity contribution is 0.0721. The molecule has 0 bridgehead atoms. The Hall–Kier alpha value is -1.37. The van der Waals surface area contributed by atoms with Gasteiger partial charge in [0.25, 0.3) is 5.91 Å². The third-order valence-corrected chi connectivity index (χ3v) is 3.97. The van der Waals surface area contributed by atoms with Gasteiger partial charge in [-0.05, 0) is 25.6 Å². The highest BCUT2D eigenvalue weighted by Crippen LogP contribution is 2.19. The fraction of sp³-hybridized carbons (Fsp3) is 0.667. The third kappa shape index (κ3) is 3.84. The van der Waals surface area contributed by atoms with Crippen LogP contribution in [-0.2, 0) is 16.1 Å². The van der Waals surface area contributed by atoms with E-state index in [0.717, 1.165) is 13.0 Å². The molecular weight excluding hydrogens is 272 g/mol. The quantitative estimate of drug-likeness (QED) is 0.790. The second-order valence-electron chi connectivity index (χ2n) is 5.57. The number of hydrogen-bond acceptors (Lipinski definition) is 5. The van der Waals surface area contributed by atoms with Crippen LogP contribution < -0.4 is 0 Å². The molecule has 0 aliphatic carbocycles. The summed E-state index contributed by atoms with van der Waals surface area (Å²) in [4.78, 5) is 16.3. The molecule has 1 aromatic rings. The van der Waals surface area contributed by atoms with E-state index in [1.165, 1.54) is 0 Å².